The predicted molar refractivity (Wildman–Crippen MR) is 146 cm³/mol. The molecule has 2 aromatic heterocycles. The van der Waals surface area contributed by atoms with E-state index in [0.29, 0.717) is 33.2 Å². The van der Waals surface area contributed by atoms with Crippen LogP contribution in [-0.4, -0.2) is 45.3 Å². The minimum atomic E-state index is -4.13. The first-order chi connectivity index (χ1) is 18.7. The Morgan fingerprint density at radius 2 is 1.74 bits per heavy atom. The molecule has 39 heavy (non-hydrogen) atoms. The molecule has 10 heteroatoms. The second kappa shape index (κ2) is 11.1. The van der Waals surface area contributed by atoms with Crippen LogP contribution in [0.3, 0.4) is 0 Å². The summed E-state index contributed by atoms with van der Waals surface area (Å²) in [6, 6.07) is 15.3. The summed E-state index contributed by atoms with van der Waals surface area (Å²) in [5.41, 5.74) is 3.26. The van der Waals surface area contributed by atoms with Gasteiger partial charge in [-0.2, -0.15) is 4.31 Å². The number of pyridine rings is 1. The first-order valence-corrected chi connectivity index (χ1v) is 14.1. The number of fused-ring (bicyclic) bond motifs is 1. The highest BCUT2D eigenvalue weighted by Gasteiger charge is 2.39. The van der Waals surface area contributed by atoms with Crippen molar-refractivity contribution in [2.45, 2.75) is 43.7 Å². The molecule has 0 aliphatic carbocycles. The molecule has 1 atom stereocenters. The Balaban J connectivity index is 1.46. The van der Waals surface area contributed by atoms with E-state index in [4.69, 9.17) is 11.6 Å². The Morgan fingerprint density at radius 1 is 1.00 bits per heavy atom. The Hall–Kier alpha value is -3.79. The maximum Gasteiger partial charge on any atom is 0.244 e. The smallest absolute Gasteiger partial charge is 0.244 e. The summed E-state index contributed by atoms with van der Waals surface area (Å²) < 4.78 is 29.2. The molecule has 0 fully saturated rings. The SMILES string of the molecule is Cc1cnc(CC(=O)c2ccc(S(=O)(=O)N3Cc4ccc(Cl)cc4CC(=O)[C@@H]3Cc3ccccn3)cc2)nc1. The van der Waals surface area contributed by atoms with E-state index in [1.807, 2.05) is 6.92 Å². The minimum absolute atomic E-state index is 0.00149. The van der Waals surface area contributed by atoms with Gasteiger partial charge < -0.3 is 0 Å². The third-order valence-electron chi connectivity index (χ3n) is 6.64. The molecule has 2 aromatic carbocycles. The summed E-state index contributed by atoms with van der Waals surface area (Å²) in [6.45, 7) is 1.86. The monoisotopic (exact) mass is 560 g/mol. The molecule has 0 radical (unpaired) electrons. The quantitative estimate of drug-likeness (QED) is 0.312. The van der Waals surface area contributed by atoms with Crippen molar-refractivity contribution >= 4 is 33.2 Å². The number of rotatable bonds is 7. The molecular weight excluding hydrogens is 536 g/mol. The van der Waals surface area contributed by atoms with E-state index in [-0.39, 0.29) is 42.3 Å². The highest BCUT2D eigenvalue weighted by atomic mass is 35.5. The zero-order valence-corrected chi connectivity index (χ0v) is 22.7. The normalized spacial score (nSPS) is 15.9. The van der Waals surface area contributed by atoms with E-state index >= 15 is 0 Å². The molecule has 5 rings (SSSR count). The Morgan fingerprint density at radius 3 is 2.44 bits per heavy atom. The van der Waals surface area contributed by atoms with Gasteiger partial charge in [0.1, 0.15) is 5.82 Å². The van der Waals surface area contributed by atoms with E-state index in [1.165, 1.54) is 28.6 Å². The maximum absolute atomic E-state index is 14.0. The molecule has 198 valence electrons. The zero-order valence-electron chi connectivity index (χ0n) is 21.1. The Kier molecular flexibility index (Phi) is 7.65. The number of carbonyl (C=O) groups excluding carboxylic acids is 2. The van der Waals surface area contributed by atoms with Crippen LogP contribution >= 0.6 is 11.6 Å². The summed E-state index contributed by atoms with van der Waals surface area (Å²) >= 11 is 6.18. The maximum atomic E-state index is 14.0. The molecular formula is C29H25ClN4O4S. The third-order valence-corrected chi connectivity index (χ3v) is 8.75. The van der Waals surface area contributed by atoms with Crippen LogP contribution in [0.5, 0.6) is 0 Å². The number of sulfonamides is 1. The van der Waals surface area contributed by atoms with Crippen LogP contribution in [0, 0.1) is 6.92 Å². The number of ketones is 2. The van der Waals surface area contributed by atoms with Crippen molar-refractivity contribution < 1.29 is 18.0 Å². The molecule has 0 bridgehead atoms. The number of hydrogen-bond acceptors (Lipinski definition) is 7. The van der Waals surface area contributed by atoms with Gasteiger partial charge in [0, 0.05) is 54.3 Å². The van der Waals surface area contributed by atoms with Gasteiger partial charge in [0.2, 0.25) is 10.0 Å². The van der Waals surface area contributed by atoms with Crippen molar-refractivity contribution in [3.63, 3.8) is 0 Å². The lowest BCUT2D eigenvalue weighted by Crippen LogP contribution is -2.45. The molecule has 1 aliphatic heterocycles. The number of halogens is 1. The number of aryl methyl sites for hydroxylation is 1. The van der Waals surface area contributed by atoms with Crippen molar-refractivity contribution in [1.82, 2.24) is 19.3 Å². The van der Waals surface area contributed by atoms with Gasteiger partial charge in [-0.25, -0.2) is 18.4 Å². The van der Waals surface area contributed by atoms with Crippen molar-refractivity contribution in [2.24, 2.45) is 0 Å². The van der Waals surface area contributed by atoms with Crippen LogP contribution in [0.1, 0.15) is 38.6 Å². The molecule has 3 heterocycles. The van der Waals surface area contributed by atoms with E-state index < -0.39 is 16.1 Å². The minimum Gasteiger partial charge on any atom is -0.298 e. The van der Waals surface area contributed by atoms with Crippen LogP contribution in [0.25, 0.3) is 0 Å². The number of carbonyl (C=O) groups is 2. The molecule has 0 saturated heterocycles. The summed E-state index contributed by atoms with van der Waals surface area (Å²) in [5.74, 6) is -0.0803. The molecule has 0 saturated carbocycles. The van der Waals surface area contributed by atoms with Gasteiger partial charge in [-0.3, -0.25) is 14.6 Å². The molecule has 1 aliphatic rings. The molecule has 0 spiro atoms. The number of nitrogens with zero attached hydrogens (tertiary/aromatic N) is 4. The van der Waals surface area contributed by atoms with Crippen LogP contribution < -0.4 is 0 Å². The van der Waals surface area contributed by atoms with Gasteiger partial charge in [-0.15, -0.1) is 0 Å². The van der Waals surface area contributed by atoms with E-state index in [9.17, 15) is 18.0 Å². The highest BCUT2D eigenvalue weighted by Crippen LogP contribution is 2.30. The fraction of sp³-hybridized carbons (Fsp3) is 0.207. The Labute approximate surface area is 231 Å². The van der Waals surface area contributed by atoms with Crippen molar-refractivity contribution in [2.75, 3.05) is 0 Å². The first-order valence-electron chi connectivity index (χ1n) is 12.3. The number of hydrogen-bond donors (Lipinski definition) is 0. The fourth-order valence-corrected chi connectivity index (χ4v) is 6.33. The predicted octanol–water partition coefficient (Wildman–Crippen LogP) is 4.19. The summed E-state index contributed by atoms with van der Waals surface area (Å²) in [6.07, 6.45) is 5.09. The lowest BCUT2D eigenvalue weighted by molar-refractivity contribution is -0.121. The van der Waals surface area contributed by atoms with Crippen LogP contribution in [-0.2, 0) is 40.6 Å². The molecule has 8 nitrogen and oxygen atoms in total. The van der Waals surface area contributed by atoms with E-state index in [2.05, 4.69) is 15.0 Å². The van der Waals surface area contributed by atoms with Gasteiger partial charge >= 0.3 is 0 Å². The summed E-state index contributed by atoms with van der Waals surface area (Å²) in [4.78, 5) is 38.9. The highest BCUT2D eigenvalue weighted by molar-refractivity contribution is 7.89. The third kappa shape index (κ3) is 5.95. The van der Waals surface area contributed by atoms with Crippen LogP contribution in [0.15, 0.2) is 84.1 Å². The van der Waals surface area contributed by atoms with Gasteiger partial charge in [-0.05, 0) is 60.0 Å². The van der Waals surface area contributed by atoms with Gasteiger partial charge in [0.25, 0.3) is 0 Å². The second-order valence-corrected chi connectivity index (χ2v) is 11.8. The lowest BCUT2D eigenvalue weighted by Gasteiger charge is -2.28. The van der Waals surface area contributed by atoms with E-state index in [1.54, 1.807) is 55.0 Å². The average Bonchev–Trinajstić information content (AvgIpc) is 3.06. The summed E-state index contributed by atoms with van der Waals surface area (Å²) in [5, 5.41) is 0.482. The van der Waals surface area contributed by atoms with Crippen molar-refractivity contribution in [1.29, 1.82) is 0 Å². The van der Waals surface area contributed by atoms with Crippen LogP contribution in [0.2, 0.25) is 5.02 Å². The molecule has 0 amide bonds. The number of Topliss-reactive ketones (excluding diaryl/α,β-unsaturated/α-hetero) is 2. The molecule has 4 aromatic rings. The number of benzene rings is 2. The first kappa shape index (κ1) is 26.8. The topological polar surface area (TPSA) is 110 Å². The second-order valence-electron chi connectivity index (χ2n) is 9.45. The summed E-state index contributed by atoms with van der Waals surface area (Å²) in [7, 11) is -4.13. The largest absolute Gasteiger partial charge is 0.298 e. The van der Waals surface area contributed by atoms with Crippen LogP contribution in [0.4, 0.5) is 0 Å². The zero-order chi connectivity index (χ0) is 27.6. The number of aromatic nitrogens is 3. The van der Waals surface area contributed by atoms with Crippen molar-refractivity contribution in [3.05, 3.63) is 118 Å². The molecule has 0 N–H and O–H groups in total. The average molecular weight is 561 g/mol. The van der Waals surface area contributed by atoms with Gasteiger partial charge in [-0.1, -0.05) is 35.9 Å². The Bertz CT molecular complexity index is 1630. The van der Waals surface area contributed by atoms with Gasteiger partial charge in [0.15, 0.2) is 11.6 Å². The fourth-order valence-electron chi connectivity index (χ4n) is 4.55. The van der Waals surface area contributed by atoms with E-state index in [0.717, 1.165) is 5.56 Å². The van der Waals surface area contributed by atoms with Crippen molar-refractivity contribution in [3.8, 4) is 0 Å². The lowest BCUT2D eigenvalue weighted by atomic mass is 10.00. The van der Waals surface area contributed by atoms with Gasteiger partial charge in [0.05, 0.1) is 17.4 Å². The molecule has 0 unspecified atom stereocenters. The standard InChI is InChI=1S/C29H25ClN4O4S/c1-19-16-32-29(33-17-19)15-27(35)20-6-9-25(10-7-20)39(37,38)34-18-21-5-8-23(30)12-22(21)13-28(36)26(34)14-24-4-2-3-11-31-24/h2-12,16-17,26H,13-15,18H2,1H3/t26-/m0/s1.